The number of aliphatic imine (C=N–C) groups is 1. The molecule has 50 valence electrons. The predicted octanol–water partition coefficient (Wildman–Crippen LogP) is 0.787. The zero-order chi connectivity index (χ0) is 7.28. The van der Waals surface area contributed by atoms with Crippen LogP contribution in [0.1, 0.15) is 6.92 Å². The molecule has 0 aromatic rings. The molecule has 0 aliphatic carbocycles. The highest BCUT2D eigenvalue weighted by molar-refractivity contribution is 5.75. The zero-order valence-electron chi connectivity index (χ0n) is 5.73. The summed E-state index contributed by atoms with van der Waals surface area (Å²) in [6.45, 7) is 5.13. The lowest BCUT2D eigenvalue weighted by molar-refractivity contribution is 0.955. The van der Waals surface area contributed by atoms with E-state index in [-0.39, 0.29) is 0 Å². The molecule has 0 spiro atoms. The number of hydrogen-bond acceptors (Lipinski definition) is 3. The first kappa shape index (κ1) is 7.88. The van der Waals surface area contributed by atoms with Crippen molar-refractivity contribution in [2.24, 2.45) is 4.99 Å². The van der Waals surface area contributed by atoms with Gasteiger partial charge in [-0.2, -0.15) is 0 Å². The average molecular weight is 125 g/mol. The van der Waals surface area contributed by atoms with Gasteiger partial charge in [0, 0.05) is 18.8 Å². The summed E-state index contributed by atoms with van der Waals surface area (Å²) in [7, 11) is 1.75. The van der Waals surface area contributed by atoms with E-state index in [1.807, 2.05) is 0 Å². The first-order chi connectivity index (χ1) is 4.26. The summed E-state index contributed by atoms with van der Waals surface area (Å²) in [5.41, 5.74) is 0.785. The molecule has 0 heterocycles. The Morgan fingerprint density at radius 2 is 2.33 bits per heavy atom. The number of hydrogen-bond donors (Lipinski definition) is 2. The molecule has 0 radical (unpaired) electrons. The summed E-state index contributed by atoms with van der Waals surface area (Å²) in [5.74, 6) is 0.657. The molecule has 0 amide bonds. The van der Waals surface area contributed by atoms with Gasteiger partial charge in [-0.05, 0) is 13.6 Å². The molecule has 2 N–H and O–H groups in total. The normalized spacial score (nSPS) is 11.8. The van der Waals surface area contributed by atoms with E-state index in [2.05, 4.69) is 17.0 Å². The van der Waals surface area contributed by atoms with Crippen molar-refractivity contribution in [2.45, 2.75) is 6.92 Å². The lowest BCUT2D eigenvalue weighted by Gasteiger charge is -1.99. The standard InChI is InChI=1S/C6H11N3/c1-5(4-7)6(8-2)9-3/h4,7,9H,2H2,1,3H3/b6-5+,7-4?. The van der Waals surface area contributed by atoms with Crippen molar-refractivity contribution in [1.82, 2.24) is 5.32 Å². The Morgan fingerprint density at radius 3 is 2.44 bits per heavy atom. The van der Waals surface area contributed by atoms with Crippen LogP contribution in [0.15, 0.2) is 16.4 Å². The maximum atomic E-state index is 6.84. The summed E-state index contributed by atoms with van der Waals surface area (Å²) in [4.78, 5) is 3.64. The van der Waals surface area contributed by atoms with Gasteiger partial charge in [0.05, 0.1) is 0 Å². The molecule has 9 heavy (non-hydrogen) atoms. The van der Waals surface area contributed by atoms with Crippen LogP contribution in [0.5, 0.6) is 0 Å². The number of allylic oxidation sites excluding steroid dienone is 1. The average Bonchev–Trinajstić information content (AvgIpc) is 1.90. The van der Waals surface area contributed by atoms with Crippen LogP contribution in [0, 0.1) is 5.41 Å². The molecular weight excluding hydrogens is 114 g/mol. The molecule has 0 rings (SSSR count). The number of rotatable bonds is 3. The van der Waals surface area contributed by atoms with E-state index >= 15 is 0 Å². The Kier molecular flexibility index (Phi) is 3.35. The van der Waals surface area contributed by atoms with Crippen LogP contribution in [0.3, 0.4) is 0 Å². The van der Waals surface area contributed by atoms with E-state index in [1.165, 1.54) is 6.21 Å². The van der Waals surface area contributed by atoms with Crippen molar-refractivity contribution in [3.8, 4) is 0 Å². The van der Waals surface area contributed by atoms with E-state index in [9.17, 15) is 0 Å². The van der Waals surface area contributed by atoms with Crippen LogP contribution in [0.4, 0.5) is 0 Å². The van der Waals surface area contributed by atoms with Crippen molar-refractivity contribution >= 4 is 12.9 Å². The van der Waals surface area contributed by atoms with Crippen LogP contribution in [0.25, 0.3) is 0 Å². The van der Waals surface area contributed by atoms with Crippen molar-refractivity contribution in [2.75, 3.05) is 7.05 Å². The molecule has 0 aromatic heterocycles. The van der Waals surface area contributed by atoms with E-state index in [1.54, 1.807) is 14.0 Å². The van der Waals surface area contributed by atoms with Crippen LogP contribution < -0.4 is 5.32 Å². The minimum Gasteiger partial charge on any atom is -0.373 e. The molecule has 0 saturated carbocycles. The number of nitrogens with one attached hydrogen (secondary N) is 2. The van der Waals surface area contributed by atoms with Gasteiger partial charge >= 0.3 is 0 Å². The lowest BCUT2D eigenvalue weighted by atomic mass is 10.3. The molecule has 0 bridgehead atoms. The zero-order valence-corrected chi connectivity index (χ0v) is 5.73. The van der Waals surface area contributed by atoms with Crippen LogP contribution in [-0.4, -0.2) is 20.0 Å². The summed E-state index contributed by atoms with van der Waals surface area (Å²) in [6, 6.07) is 0. The quantitative estimate of drug-likeness (QED) is 0.538. The highest BCUT2D eigenvalue weighted by Crippen LogP contribution is 1.95. The number of nitrogens with zero attached hydrogens (tertiary/aromatic N) is 1. The smallest absolute Gasteiger partial charge is 0.129 e. The largest absolute Gasteiger partial charge is 0.373 e. The highest BCUT2D eigenvalue weighted by atomic mass is 15.0. The molecule has 3 heteroatoms. The second-order valence-electron chi connectivity index (χ2n) is 1.58. The third-order valence-electron chi connectivity index (χ3n) is 0.985. The Morgan fingerprint density at radius 1 is 1.78 bits per heavy atom. The molecule has 0 saturated heterocycles. The fourth-order valence-electron chi connectivity index (χ4n) is 0.469. The first-order valence-corrected chi connectivity index (χ1v) is 2.62. The van der Waals surface area contributed by atoms with Gasteiger partial charge < -0.3 is 10.7 Å². The highest BCUT2D eigenvalue weighted by Gasteiger charge is 1.90. The van der Waals surface area contributed by atoms with Gasteiger partial charge in [-0.25, -0.2) is 4.99 Å². The minimum atomic E-state index is 0.657. The van der Waals surface area contributed by atoms with Gasteiger partial charge in [0.2, 0.25) is 0 Å². The fraction of sp³-hybridized carbons (Fsp3) is 0.333. The molecular formula is C6H11N3. The van der Waals surface area contributed by atoms with Crippen LogP contribution in [-0.2, 0) is 0 Å². The topological polar surface area (TPSA) is 48.2 Å². The Bertz CT molecular complexity index is 146. The van der Waals surface area contributed by atoms with Gasteiger partial charge in [-0.3, -0.25) is 0 Å². The Hall–Kier alpha value is -1.12. The van der Waals surface area contributed by atoms with Crippen molar-refractivity contribution in [3.05, 3.63) is 11.4 Å². The molecule has 0 aromatic carbocycles. The van der Waals surface area contributed by atoms with Gasteiger partial charge in [-0.1, -0.05) is 0 Å². The molecule has 3 nitrogen and oxygen atoms in total. The summed E-state index contributed by atoms with van der Waals surface area (Å²) < 4.78 is 0. The van der Waals surface area contributed by atoms with Gasteiger partial charge in [0.25, 0.3) is 0 Å². The molecule has 0 fully saturated rings. The Balaban J connectivity index is 4.36. The van der Waals surface area contributed by atoms with E-state index in [0.29, 0.717) is 5.82 Å². The lowest BCUT2D eigenvalue weighted by Crippen LogP contribution is -2.05. The van der Waals surface area contributed by atoms with Gasteiger partial charge in [0.1, 0.15) is 5.82 Å². The van der Waals surface area contributed by atoms with Crippen LogP contribution in [0.2, 0.25) is 0 Å². The molecule has 0 aliphatic heterocycles. The maximum Gasteiger partial charge on any atom is 0.129 e. The molecule has 0 unspecified atom stereocenters. The summed E-state index contributed by atoms with van der Waals surface area (Å²) in [6.07, 6.45) is 1.24. The predicted molar refractivity (Wildman–Crippen MR) is 40.1 cm³/mol. The SMILES string of the molecule is C=N/C(NC)=C(/C)C=N. The fourth-order valence-corrected chi connectivity index (χ4v) is 0.469. The molecule has 0 atom stereocenters. The van der Waals surface area contributed by atoms with E-state index < -0.39 is 0 Å². The second-order valence-corrected chi connectivity index (χ2v) is 1.58. The summed E-state index contributed by atoms with van der Waals surface area (Å²) in [5, 5.41) is 9.64. The third-order valence-corrected chi connectivity index (χ3v) is 0.985. The second kappa shape index (κ2) is 3.83. The monoisotopic (exact) mass is 125 g/mol. The van der Waals surface area contributed by atoms with E-state index in [4.69, 9.17) is 5.41 Å². The third kappa shape index (κ3) is 2.08. The molecule has 0 aliphatic rings. The maximum absolute atomic E-state index is 6.84. The first-order valence-electron chi connectivity index (χ1n) is 2.62. The van der Waals surface area contributed by atoms with Gasteiger partial charge in [-0.15, -0.1) is 0 Å². The van der Waals surface area contributed by atoms with Crippen molar-refractivity contribution < 1.29 is 0 Å². The van der Waals surface area contributed by atoms with E-state index in [0.717, 1.165) is 5.57 Å². The van der Waals surface area contributed by atoms with Crippen molar-refractivity contribution in [3.63, 3.8) is 0 Å². The van der Waals surface area contributed by atoms with Gasteiger partial charge in [0.15, 0.2) is 0 Å². The summed E-state index contributed by atoms with van der Waals surface area (Å²) >= 11 is 0. The van der Waals surface area contributed by atoms with Crippen LogP contribution >= 0.6 is 0 Å². The Labute approximate surface area is 55.0 Å². The van der Waals surface area contributed by atoms with Crippen molar-refractivity contribution in [1.29, 1.82) is 5.41 Å². The minimum absolute atomic E-state index is 0.657.